The van der Waals surface area contributed by atoms with Crippen LogP contribution in [0.4, 0.5) is 11.4 Å². The maximum Gasteiger partial charge on any atom is 0.253 e. The number of furan rings is 1. The summed E-state index contributed by atoms with van der Waals surface area (Å²) in [5.41, 5.74) is 1.23. The molecule has 11 heteroatoms. The highest BCUT2D eigenvalue weighted by molar-refractivity contribution is 7.89. The number of hydrogen-bond acceptors (Lipinski definition) is 7. The maximum absolute atomic E-state index is 12.9. The van der Waals surface area contributed by atoms with Crippen molar-refractivity contribution in [2.45, 2.75) is 11.4 Å². The minimum atomic E-state index is -3.68. The molecular formula is C24H26N4O6S. The van der Waals surface area contributed by atoms with E-state index in [2.05, 4.69) is 16.0 Å². The van der Waals surface area contributed by atoms with Crippen LogP contribution in [-0.4, -0.2) is 57.4 Å². The molecule has 0 radical (unpaired) electrons. The highest BCUT2D eigenvalue weighted by atomic mass is 32.2. The molecular weight excluding hydrogens is 472 g/mol. The van der Waals surface area contributed by atoms with E-state index in [0.717, 1.165) is 0 Å². The number of sulfonamides is 1. The summed E-state index contributed by atoms with van der Waals surface area (Å²) in [4.78, 5) is 25.2. The third-order valence-electron chi connectivity index (χ3n) is 5.34. The molecule has 3 aromatic rings. The van der Waals surface area contributed by atoms with Crippen LogP contribution in [0, 0.1) is 0 Å². The Morgan fingerprint density at radius 2 is 1.77 bits per heavy atom. The van der Waals surface area contributed by atoms with Crippen molar-refractivity contribution in [3.05, 3.63) is 78.3 Å². The summed E-state index contributed by atoms with van der Waals surface area (Å²) in [6, 6.07) is 16.5. The van der Waals surface area contributed by atoms with Gasteiger partial charge in [0.1, 0.15) is 5.76 Å². The lowest BCUT2D eigenvalue weighted by Gasteiger charge is -2.26. The summed E-state index contributed by atoms with van der Waals surface area (Å²) < 4.78 is 37.5. The molecule has 2 amide bonds. The van der Waals surface area contributed by atoms with Crippen molar-refractivity contribution < 1.29 is 27.2 Å². The van der Waals surface area contributed by atoms with E-state index >= 15 is 0 Å². The van der Waals surface area contributed by atoms with Crippen LogP contribution in [0.2, 0.25) is 0 Å². The van der Waals surface area contributed by atoms with Crippen LogP contribution in [0.5, 0.6) is 0 Å². The molecule has 2 heterocycles. The molecule has 10 nitrogen and oxygen atoms in total. The van der Waals surface area contributed by atoms with Gasteiger partial charge in [-0.05, 0) is 42.5 Å². The Bertz CT molecular complexity index is 1270. The van der Waals surface area contributed by atoms with Gasteiger partial charge in [0.2, 0.25) is 15.9 Å². The molecule has 0 bridgehead atoms. The SMILES string of the molecule is O=C(CNc1ccccc1C(=O)NCc1ccco1)Nc1cccc(S(=O)(=O)N2CCOCC2)c1. The molecule has 1 aliphatic rings. The number of morpholine rings is 1. The normalized spacial score (nSPS) is 14.3. The number of rotatable bonds is 9. The predicted molar refractivity (Wildman–Crippen MR) is 129 cm³/mol. The molecule has 35 heavy (non-hydrogen) atoms. The first-order valence-electron chi connectivity index (χ1n) is 11.0. The molecule has 0 unspecified atom stereocenters. The number of nitrogens with zero attached hydrogens (tertiary/aromatic N) is 1. The van der Waals surface area contributed by atoms with E-state index in [1.807, 2.05) is 0 Å². The van der Waals surface area contributed by atoms with Gasteiger partial charge in [-0.1, -0.05) is 18.2 Å². The van der Waals surface area contributed by atoms with Crippen LogP contribution >= 0.6 is 0 Å². The zero-order valence-corrected chi connectivity index (χ0v) is 19.7. The lowest BCUT2D eigenvalue weighted by atomic mass is 10.1. The van der Waals surface area contributed by atoms with E-state index in [4.69, 9.17) is 9.15 Å². The number of para-hydroxylation sites is 1. The number of anilines is 2. The molecule has 0 atom stereocenters. The van der Waals surface area contributed by atoms with Crippen LogP contribution in [0.1, 0.15) is 16.1 Å². The smallest absolute Gasteiger partial charge is 0.253 e. The van der Waals surface area contributed by atoms with Gasteiger partial charge >= 0.3 is 0 Å². The second-order valence-electron chi connectivity index (χ2n) is 7.75. The third kappa shape index (κ3) is 6.27. The number of amides is 2. The predicted octanol–water partition coefficient (Wildman–Crippen LogP) is 2.28. The monoisotopic (exact) mass is 498 g/mol. The molecule has 2 aromatic carbocycles. The highest BCUT2D eigenvalue weighted by Gasteiger charge is 2.26. The molecule has 0 saturated carbocycles. The number of hydrogen-bond donors (Lipinski definition) is 3. The Labute approximate surface area is 203 Å². The number of carbonyl (C=O) groups is 2. The number of nitrogens with one attached hydrogen (secondary N) is 3. The standard InChI is InChI=1S/C24H26N4O6S/c29-23(27-18-5-3-7-20(15-18)35(31,32)28-10-13-33-14-11-28)17-25-22-9-2-1-8-21(22)24(30)26-16-19-6-4-12-34-19/h1-9,12,15,25H,10-11,13-14,16-17H2,(H,26,30)(H,27,29). The van der Waals surface area contributed by atoms with Crippen molar-refractivity contribution in [3.63, 3.8) is 0 Å². The van der Waals surface area contributed by atoms with E-state index in [1.54, 1.807) is 48.5 Å². The van der Waals surface area contributed by atoms with Gasteiger partial charge in [0.25, 0.3) is 5.91 Å². The Hall–Kier alpha value is -3.67. The maximum atomic E-state index is 12.9. The first-order chi connectivity index (χ1) is 16.9. The number of ether oxygens (including phenoxy) is 1. The zero-order chi connectivity index (χ0) is 24.7. The molecule has 1 aliphatic heterocycles. The molecule has 4 rings (SSSR count). The molecule has 0 spiro atoms. The van der Waals surface area contributed by atoms with Gasteiger partial charge in [-0.15, -0.1) is 0 Å². The van der Waals surface area contributed by atoms with Crippen LogP contribution in [0.25, 0.3) is 0 Å². The molecule has 0 aliphatic carbocycles. The summed E-state index contributed by atoms with van der Waals surface area (Å²) in [6.45, 7) is 1.40. The van der Waals surface area contributed by atoms with Gasteiger partial charge in [0, 0.05) is 24.5 Å². The van der Waals surface area contributed by atoms with Gasteiger partial charge in [-0.3, -0.25) is 9.59 Å². The van der Waals surface area contributed by atoms with E-state index in [-0.39, 0.29) is 37.0 Å². The number of carbonyl (C=O) groups excluding carboxylic acids is 2. The quantitative estimate of drug-likeness (QED) is 0.413. The van der Waals surface area contributed by atoms with Gasteiger partial charge in [0.15, 0.2) is 0 Å². The van der Waals surface area contributed by atoms with E-state index in [1.165, 1.54) is 22.7 Å². The summed E-state index contributed by atoms with van der Waals surface area (Å²) in [5, 5.41) is 8.44. The van der Waals surface area contributed by atoms with E-state index < -0.39 is 15.9 Å². The Morgan fingerprint density at radius 1 is 0.971 bits per heavy atom. The lowest BCUT2D eigenvalue weighted by Crippen LogP contribution is -2.40. The highest BCUT2D eigenvalue weighted by Crippen LogP contribution is 2.21. The van der Waals surface area contributed by atoms with E-state index in [9.17, 15) is 18.0 Å². The van der Waals surface area contributed by atoms with Gasteiger partial charge in [-0.2, -0.15) is 4.31 Å². The lowest BCUT2D eigenvalue weighted by molar-refractivity contribution is -0.114. The third-order valence-corrected chi connectivity index (χ3v) is 7.23. The van der Waals surface area contributed by atoms with Crippen molar-refractivity contribution in [2.75, 3.05) is 43.5 Å². The molecule has 1 aromatic heterocycles. The first-order valence-corrected chi connectivity index (χ1v) is 12.5. The fourth-order valence-electron chi connectivity index (χ4n) is 3.56. The van der Waals surface area contributed by atoms with Crippen molar-refractivity contribution in [1.29, 1.82) is 0 Å². The summed E-state index contributed by atoms with van der Waals surface area (Å²) in [5.74, 6) is -0.0799. The Morgan fingerprint density at radius 3 is 2.54 bits per heavy atom. The van der Waals surface area contributed by atoms with Gasteiger partial charge in [-0.25, -0.2) is 8.42 Å². The van der Waals surface area contributed by atoms with Crippen molar-refractivity contribution >= 4 is 33.2 Å². The second kappa shape index (κ2) is 11.2. The van der Waals surface area contributed by atoms with E-state index in [0.29, 0.717) is 35.9 Å². The largest absolute Gasteiger partial charge is 0.467 e. The molecule has 1 saturated heterocycles. The minimum Gasteiger partial charge on any atom is -0.467 e. The number of benzene rings is 2. The second-order valence-corrected chi connectivity index (χ2v) is 9.69. The van der Waals surface area contributed by atoms with Crippen LogP contribution < -0.4 is 16.0 Å². The van der Waals surface area contributed by atoms with Crippen molar-refractivity contribution in [2.24, 2.45) is 0 Å². The topological polar surface area (TPSA) is 130 Å². The average Bonchev–Trinajstić information content (AvgIpc) is 3.41. The molecule has 1 fully saturated rings. The summed E-state index contributed by atoms with van der Waals surface area (Å²) in [6.07, 6.45) is 1.53. The molecule has 184 valence electrons. The van der Waals surface area contributed by atoms with Gasteiger partial charge in [0.05, 0.1) is 43.0 Å². The van der Waals surface area contributed by atoms with Crippen LogP contribution in [-0.2, 0) is 26.1 Å². The fraction of sp³-hybridized carbons (Fsp3) is 0.250. The summed E-state index contributed by atoms with van der Waals surface area (Å²) >= 11 is 0. The zero-order valence-electron chi connectivity index (χ0n) is 18.9. The first kappa shape index (κ1) is 24.5. The van der Waals surface area contributed by atoms with Crippen molar-refractivity contribution in [1.82, 2.24) is 9.62 Å². The Kier molecular flexibility index (Phi) is 7.80. The average molecular weight is 499 g/mol. The van der Waals surface area contributed by atoms with Crippen molar-refractivity contribution in [3.8, 4) is 0 Å². The fourth-order valence-corrected chi connectivity index (χ4v) is 5.02. The van der Waals surface area contributed by atoms with Crippen LogP contribution in [0.15, 0.2) is 76.2 Å². The van der Waals surface area contributed by atoms with Gasteiger partial charge < -0.3 is 25.1 Å². The van der Waals surface area contributed by atoms with Crippen LogP contribution in [0.3, 0.4) is 0 Å². The minimum absolute atomic E-state index is 0.101. The Balaban J connectivity index is 1.36. The summed E-state index contributed by atoms with van der Waals surface area (Å²) in [7, 11) is -3.68. The molecule has 3 N–H and O–H groups in total.